The van der Waals surface area contributed by atoms with Crippen LogP contribution in [0.2, 0.25) is 0 Å². The number of nitrogens with one attached hydrogen (secondary N) is 1. The maximum Gasteiger partial charge on any atom is 0.317 e. The number of anilines is 1. The lowest BCUT2D eigenvalue weighted by Gasteiger charge is -2.38. The summed E-state index contributed by atoms with van der Waals surface area (Å²) < 4.78 is 5.46. The molecule has 1 aromatic carbocycles. The van der Waals surface area contributed by atoms with Gasteiger partial charge in [0.05, 0.1) is 13.2 Å². The maximum absolute atomic E-state index is 12.8. The molecule has 7 nitrogen and oxygen atoms in total. The van der Waals surface area contributed by atoms with Crippen LogP contribution in [0.15, 0.2) is 42.6 Å². The van der Waals surface area contributed by atoms with Crippen LogP contribution < -0.4 is 15.0 Å². The summed E-state index contributed by atoms with van der Waals surface area (Å²) in [5.74, 6) is 2.10. The molecule has 1 aromatic heterocycles. The fourth-order valence-electron chi connectivity index (χ4n) is 4.04. The number of nitrogens with zero attached hydrogens (tertiary/aromatic N) is 4. The number of hydrogen-bond acceptors (Lipinski definition) is 5. The van der Waals surface area contributed by atoms with E-state index in [2.05, 4.69) is 26.5 Å². The van der Waals surface area contributed by atoms with Crippen LogP contribution in [0.5, 0.6) is 5.75 Å². The van der Waals surface area contributed by atoms with E-state index in [9.17, 15) is 4.79 Å². The van der Waals surface area contributed by atoms with E-state index in [1.54, 1.807) is 13.3 Å². The molecule has 7 heteroatoms. The molecule has 0 bridgehead atoms. The van der Waals surface area contributed by atoms with E-state index in [1.807, 2.05) is 42.3 Å². The Morgan fingerprint density at radius 3 is 2.93 bits per heavy atom. The lowest BCUT2D eigenvalue weighted by atomic mass is 10.0. The van der Waals surface area contributed by atoms with E-state index in [-0.39, 0.29) is 18.1 Å². The first kappa shape index (κ1) is 18.5. The van der Waals surface area contributed by atoms with Gasteiger partial charge >= 0.3 is 6.03 Å². The number of hydrogen-bond donors (Lipinski definition) is 1. The zero-order chi connectivity index (χ0) is 19.5. The molecule has 1 saturated carbocycles. The van der Waals surface area contributed by atoms with E-state index in [0.717, 1.165) is 43.9 Å². The van der Waals surface area contributed by atoms with Crippen LogP contribution in [0.3, 0.4) is 0 Å². The van der Waals surface area contributed by atoms with Gasteiger partial charge in [0.15, 0.2) is 5.82 Å². The van der Waals surface area contributed by atoms with Gasteiger partial charge in [-0.05, 0) is 43.0 Å². The second-order valence-corrected chi connectivity index (χ2v) is 7.57. The normalized spacial score (nSPS) is 23.8. The van der Waals surface area contributed by atoms with Crippen molar-refractivity contribution in [2.45, 2.75) is 37.3 Å². The zero-order valence-electron chi connectivity index (χ0n) is 16.4. The van der Waals surface area contributed by atoms with Gasteiger partial charge in [-0.25, -0.2) is 4.79 Å². The molecule has 2 amide bonds. The minimum atomic E-state index is -0.00612. The van der Waals surface area contributed by atoms with Crippen molar-refractivity contribution in [1.82, 2.24) is 20.4 Å². The number of benzene rings is 1. The Kier molecular flexibility index (Phi) is 5.32. The molecular weight excluding hydrogens is 354 g/mol. The molecular formula is C21H27N5O2. The first-order valence-electron chi connectivity index (χ1n) is 9.86. The fourth-order valence-corrected chi connectivity index (χ4v) is 4.04. The highest BCUT2D eigenvalue weighted by Gasteiger charge is 2.42. The Morgan fingerprint density at radius 1 is 1.29 bits per heavy atom. The molecule has 3 atom stereocenters. The van der Waals surface area contributed by atoms with Crippen molar-refractivity contribution in [1.29, 1.82) is 0 Å². The number of ether oxygens (including phenoxy) is 1. The summed E-state index contributed by atoms with van der Waals surface area (Å²) >= 11 is 0. The molecule has 1 aliphatic heterocycles. The molecule has 2 aromatic rings. The molecule has 1 aliphatic carbocycles. The minimum Gasteiger partial charge on any atom is -0.496 e. The molecule has 1 N–H and O–H groups in total. The van der Waals surface area contributed by atoms with Gasteiger partial charge in [-0.15, -0.1) is 5.10 Å². The zero-order valence-corrected chi connectivity index (χ0v) is 16.4. The summed E-state index contributed by atoms with van der Waals surface area (Å²) in [5.41, 5.74) is 1.17. The second kappa shape index (κ2) is 8.04. The average Bonchev–Trinajstić information content (AvgIpc) is 3.52. The summed E-state index contributed by atoms with van der Waals surface area (Å²) in [6.07, 6.45) is 4.67. The van der Waals surface area contributed by atoms with Crippen LogP contribution in [0.1, 0.15) is 30.7 Å². The van der Waals surface area contributed by atoms with Crippen molar-refractivity contribution in [2.24, 2.45) is 0 Å². The first-order valence-corrected chi connectivity index (χ1v) is 9.86. The summed E-state index contributed by atoms with van der Waals surface area (Å²) in [6, 6.07) is 12.2. The third-order valence-electron chi connectivity index (χ3n) is 5.78. The van der Waals surface area contributed by atoms with E-state index >= 15 is 0 Å². The van der Waals surface area contributed by atoms with Gasteiger partial charge in [0.2, 0.25) is 0 Å². The van der Waals surface area contributed by atoms with Gasteiger partial charge in [-0.3, -0.25) is 0 Å². The van der Waals surface area contributed by atoms with Crippen molar-refractivity contribution >= 4 is 11.8 Å². The summed E-state index contributed by atoms with van der Waals surface area (Å²) in [6.45, 7) is 1.73. The molecule has 28 heavy (non-hydrogen) atoms. The molecule has 1 saturated heterocycles. The van der Waals surface area contributed by atoms with E-state index in [4.69, 9.17) is 4.74 Å². The number of carbonyl (C=O) groups is 1. The van der Waals surface area contributed by atoms with Crippen LogP contribution in [-0.4, -0.2) is 60.5 Å². The molecule has 0 unspecified atom stereocenters. The van der Waals surface area contributed by atoms with E-state index < -0.39 is 0 Å². The smallest absolute Gasteiger partial charge is 0.317 e. The summed E-state index contributed by atoms with van der Waals surface area (Å²) in [7, 11) is 3.58. The quantitative estimate of drug-likeness (QED) is 0.862. The number of piperidine rings is 1. The van der Waals surface area contributed by atoms with Gasteiger partial charge in [-0.1, -0.05) is 18.2 Å². The Balaban J connectivity index is 1.34. The molecule has 2 fully saturated rings. The number of para-hydroxylation sites is 1. The summed E-state index contributed by atoms with van der Waals surface area (Å²) in [5, 5.41) is 11.4. The lowest BCUT2D eigenvalue weighted by Crippen LogP contribution is -2.52. The van der Waals surface area contributed by atoms with Crippen LogP contribution in [0.25, 0.3) is 0 Å². The number of methoxy groups -OCH3 is 1. The predicted molar refractivity (Wildman–Crippen MR) is 108 cm³/mol. The predicted octanol–water partition coefficient (Wildman–Crippen LogP) is 2.65. The van der Waals surface area contributed by atoms with Gasteiger partial charge in [-0.2, -0.15) is 5.10 Å². The van der Waals surface area contributed by atoms with Crippen molar-refractivity contribution in [3.63, 3.8) is 0 Å². The number of amides is 2. The standard InChI is InChI=1S/C21H27N5O2/c1-25(15-7-6-12-26(14-15)20-10-5-11-22-24-20)21(27)23-18-13-17(18)16-8-3-4-9-19(16)28-2/h3-5,8-11,15,17-18H,6-7,12-14H2,1-2H3,(H,23,27)/t15-,17+,18-/m1/s1. The van der Waals surface area contributed by atoms with Gasteiger partial charge in [0.25, 0.3) is 0 Å². The van der Waals surface area contributed by atoms with Crippen molar-refractivity contribution in [2.75, 3.05) is 32.1 Å². The highest BCUT2D eigenvalue weighted by atomic mass is 16.5. The van der Waals surface area contributed by atoms with Crippen LogP contribution >= 0.6 is 0 Å². The largest absolute Gasteiger partial charge is 0.496 e. The van der Waals surface area contributed by atoms with Gasteiger partial charge < -0.3 is 19.9 Å². The molecule has 4 rings (SSSR count). The maximum atomic E-state index is 12.8. The topological polar surface area (TPSA) is 70.6 Å². The monoisotopic (exact) mass is 381 g/mol. The average molecular weight is 381 g/mol. The van der Waals surface area contributed by atoms with E-state index in [0.29, 0.717) is 5.92 Å². The Labute approximate surface area is 165 Å². The third-order valence-corrected chi connectivity index (χ3v) is 5.78. The number of carbonyl (C=O) groups excluding carboxylic acids is 1. The minimum absolute atomic E-state index is 0.00612. The Morgan fingerprint density at radius 2 is 2.14 bits per heavy atom. The van der Waals surface area contributed by atoms with Gasteiger partial charge in [0, 0.05) is 38.3 Å². The van der Waals surface area contributed by atoms with Crippen LogP contribution in [0, 0.1) is 0 Å². The molecule has 0 spiro atoms. The number of urea groups is 1. The van der Waals surface area contributed by atoms with Crippen molar-refractivity contribution in [3.8, 4) is 5.75 Å². The SMILES string of the molecule is COc1ccccc1[C@@H]1C[C@H]1NC(=O)N(C)[C@@H]1CCCN(c2cccnn2)C1. The number of likely N-dealkylation sites (N-methyl/N-ethyl adjacent to an activating group) is 1. The highest BCUT2D eigenvalue weighted by molar-refractivity contribution is 5.75. The summed E-state index contributed by atoms with van der Waals surface area (Å²) in [4.78, 5) is 16.9. The Hall–Kier alpha value is -2.83. The highest BCUT2D eigenvalue weighted by Crippen LogP contribution is 2.44. The molecule has 0 radical (unpaired) electrons. The second-order valence-electron chi connectivity index (χ2n) is 7.57. The Bertz CT molecular complexity index is 815. The lowest BCUT2D eigenvalue weighted by molar-refractivity contribution is 0.182. The van der Waals surface area contributed by atoms with E-state index in [1.165, 1.54) is 5.56 Å². The molecule has 2 aliphatic rings. The molecule has 2 heterocycles. The fraction of sp³-hybridized carbons (Fsp3) is 0.476. The third kappa shape index (κ3) is 3.88. The first-order chi connectivity index (χ1) is 13.7. The number of rotatable bonds is 5. The van der Waals surface area contributed by atoms with Gasteiger partial charge in [0.1, 0.15) is 5.75 Å². The van der Waals surface area contributed by atoms with Crippen molar-refractivity contribution < 1.29 is 9.53 Å². The van der Waals surface area contributed by atoms with Crippen molar-refractivity contribution in [3.05, 3.63) is 48.2 Å². The van der Waals surface area contributed by atoms with Crippen LogP contribution in [0.4, 0.5) is 10.6 Å². The van der Waals surface area contributed by atoms with Crippen LogP contribution in [-0.2, 0) is 0 Å². The molecule has 148 valence electrons. The number of aromatic nitrogens is 2.